The highest BCUT2D eigenvalue weighted by molar-refractivity contribution is 4.94. The molecule has 1 fully saturated rings. The van der Waals surface area contributed by atoms with Crippen LogP contribution >= 0.6 is 0 Å². The van der Waals surface area contributed by atoms with Crippen molar-refractivity contribution >= 4 is 0 Å². The SMILES string of the molecule is CCCCCCCCCCCCC/C=C/[C@H](O)[C@H](N)CO[C@H]1O[C@H](CO)[C@H](O)[C@H](O)[C@@H]1O. The van der Waals surface area contributed by atoms with Gasteiger partial charge in [-0.2, -0.15) is 0 Å². The van der Waals surface area contributed by atoms with Crippen LogP contribution in [0, 0.1) is 0 Å². The maximum atomic E-state index is 10.2. The van der Waals surface area contributed by atoms with Crippen molar-refractivity contribution in [3.63, 3.8) is 0 Å². The lowest BCUT2D eigenvalue weighted by molar-refractivity contribution is -0.302. The summed E-state index contributed by atoms with van der Waals surface area (Å²) in [4.78, 5) is 0. The molecule has 0 aliphatic carbocycles. The fourth-order valence-electron chi connectivity index (χ4n) is 3.81. The van der Waals surface area contributed by atoms with Crippen LogP contribution in [0.1, 0.15) is 84.0 Å². The zero-order valence-corrected chi connectivity index (χ0v) is 19.7. The van der Waals surface area contributed by atoms with E-state index in [4.69, 9.17) is 15.2 Å². The second-order valence-corrected chi connectivity index (χ2v) is 8.94. The van der Waals surface area contributed by atoms with Gasteiger partial charge in [0, 0.05) is 0 Å². The fourth-order valence-corrected chi connectivity index (χ4v) is 3.81. The van der Waals surface area contributed by atoms with E-state index in [0.717, 1.165) is 12.8 Å². The largest absolute Gasteiger partial charge is 0.394 e. The monoisotopic (exact) mass is 461 g/mol. The van der Waals surface area contributed by atoms with Crippen molar-refractivity contribution in [3.8, 4) is 0 Å². The molecule has 1 aliphatic rings. The third-order valence-electron chi connectivity index (χ3n) is 6.05. The van der Waals surface area contributed by atoms with Gasteiger partial charge < -0.3 is 40.7 Å². The van der Waals surface area contributed by atoms with Crippen LogP contribution in [0.2, 0.25) is 0 Å². The second kappa shape index (κ2) is 17.8. The third kappa shape index (κ3) is 11.5. The summed E-state index contributed by atoms with van der Waals surface area (Å²) in [5, 5.41) is 48.8. The molecule has 1 rings (SSSR count). The van der Waals surface area contributed by atoms with E-state index in [0.29, 0.717) is 0 Å². The van der Waals surface area contributed by atoms with E-state index in [-0.39, 0.29) is 6.61 Å². The van der Waals surface area contributed by atoms with E-state index < -0.39 is 49.5 Å². The number of hydrogen-bond acceptors (Lipinski definition) is 8. The molecular formula is C24H47NO7. The first-order valence-electron chi connectivity index (χ1n) is 12.4. The van der Waals surface area contributed by atoms with Gasteiger partial charge in [0.15, 0.2) is 6.29 Å². The molecule has 0 aromatic carbocycles. The Kier molecular flexibility index (Phi) is 16.4. The van der Waals surface area contributed by atoms with Gasteiger partial charge in [0.25, 0.3) is 0 Å². The number of unbranched alkanes of at least 4 members (excludes halogenated alkanes) is 11. The Morgan fingerprint density at radius 3 is 2.00 bits per heavy atom. The van der Waals surface area contributed by atoms with Gasteiger partial charge in [0.1, 0.15) is 24.4 Å². The normalized spacial score (nSPS) is 28.3. The van der Waals surface area contributed by atoms with E-state index >= 15 is 0 Å². The summed E-state index contributed by atoms with van der Waals surface area (Å²) in [6, 6.07) is -0.740. The fraction of sp³-hybridized carbons (Fsp3) is 0.917. The summed E-state index contributed by atoms with van der Waals surface area (Å²) in [7, 11) is 0. The molecule has 0 bridgehead atoms. The number of aliphatic hydroxyl groups is 5. The van der Waals surface area contributed by atoms with E-state index in [2.05, 4.69) is 6.92 Å². The van der Waals surface area contributed by atoms with Crippen LogP contribution < -0.4 is 5.73 Å². The quantitative estimate of drug-likeness (QED) is 0.134. The molecule has 32 heavy (non-hydrogen) atoms. The first kappa shape index (κ1) is 29.5. The molecule has 0 amide bonds. The molecule has 0 aromatic rings. The first-order chi connectivity index (χ1) is 15.4. The third-order valence-corrected chi connectivity index (χ3v) is 6.05. The van der Waals surface area contributed by atoms with Crippen molar-refractivity contribution in [2.75, 3.05) is 13.2 Å². The topological polar surface area (TPSA) is 146 Å². The number of rotatable bonds is 18. The van der Waals surface area contributed by atoms with Gasteiger partial charge in [0.2, 0.25) is 0 Å². The number of aliphatic hydroxyl groups excluding tert-OH is 5. The Morgan fingerprint density at radius 1 is 0.875 bits per heavy atom. The Hall–Kier alpha value is -0.580. The van der Waals surface area contributed by atoms with Crippen LogP contribution in [0.25, 0.3) is 0 Å². The molecule has 0 radical (unpaired) electrons. The predicted octanol–water partition coefficient (Wildman–Crippen LogP) is 1.75. The molecule has 1 aliphatic heterocycles. The minimum atomic E-state index is -1.50. The summed E-state index contributed by atoms with van der Waals surface area (Å²) in [6.45, 7) is 1.60. The average molecular weight is 462 g/mol. The molecule has 0 spiro atoms. The molecule has 0 aromatic heterocycles. The van der Waals surface area contributed by atoms with Crippen molar-refractivity contribution in [2.24, 2.45) is 5.73 Å². The smallest absolute Gasteiger partial charge is 0.186 e. The maximum Gasteiger partial charge on any atom is 0.186 e. The molecule has 1 saturated heterocycles. The Labute approximate surface area is 193 Å². The minimum Gasteiger partial charge on any atom is -0.394 e. The number of nitrogens with two attached hydrogens (primary N) is 1. The minimum absolute atomic E-state index is 0.118. The Balaban J connectivity index is 2.10. The molecule has 190 valence electrons. The van der Waals surface area contributed by atoms with Crippen LogP contribution in [-0.2, 0) is 9.47 Å². The van der Waals surface area contributed by atoms with Crippen molar-refractivity contribution in [2.45, 2.75) is 127 Å². The predicted molar refractivity (Wildman–Crippen MR) is 124 cm³/mol. The van der Waals surface area contributed by atoms with Gasteiger partial charge in [-0.3, -0.25) is 0 Å². The summed E-state index contributed by atoms with van der Waals surface area (Å²) < 4.78 is 10.6. The van der Waals surface area contributed by atoms with E-state index in [1.807, 2.05) is 6.08 Å². The summed E-state index contributed by atoms with van der Waals surface area (Å²) in [5.41, 5.74) is 5.93. The highest BCUT2D eigenvalue weighted by atomic mass is 16.7. The van der Waals surface area contributed by atoms with Gasteiger partial charge in [-0.05, 0) is 12.8 Å². The Bertz CT molecular complexity index is 477. The average Bonchev–Trinajstić information content (AvgIpc) is 2.79. The lowest BCUT2D eigenvalue weighted by atomic mass is 9.99. The molecule has 0 unspecified atom stereocenters. The Morgan fingerprint density at radius 2 is 1.44 bits per heavy atom. The zero-order valence-electron chi connectivity index (χ0n) is 19.7. The molecule has 7 N–H and O–H groups in total. The maximum absolute atomic E-state index is 10.2. The van der Waals surface area contributed by atoms with Crippen LogP contribution in [0.3, 0.4) is 0 Å². The zero-order chi connectivity index (χ0) is 23.8. The summed E-state index contributed by atoms with van der Waals surface area (Å²) in [5.74, 6) is 0. The summed E-state index contributed by atoms with van der Waals surface area (Å²) >= 11 is 0. The van der Waals surface area contributed by atoms with Gasteiger partial charge >= 0.3 is 0 Å². The number of ether oxygens (including phenoxy) is 2. The van der Waals surface area contributed by atoms with Gasteiger partial charge in [-0.25, -0.2) is 0 Å². The number of allylic oxidation sites excluding steroid dienone is 1. The van der Waals surface area contributed by atoms with Crippen molar-refractivity contribution < 1.29 is 35.0 Å². The molecule has 8 heteroatoms. The van der Waals surface area contributed by atoms with E-state index in [1.165, 1.54) is 64.2 Å². The lowest BCUT2D eigenvalue weighted by Crippen LogP contribution is -2.59. The second-order valence-electron chi connectivity index (χ2n) is 8.94. The van der Waals surface area contributed by atoms with Gasteiger partial charge in [-0.15, -0.1) is 0 Å². The lowest BCUT2D eigenvalue weighted by Gasteiger charge is -2.39. The highest BCUT2D eigenvalue weighted by Gasteiger charge is 2.44. The van der Waals surface area contributed by atoms with Crippen LogP contribution in [0.5, 0.6) is 0 Å². The van der Waals surface area contributed by atoms with Crippen LogP contribution in [0.4, 0.5) is 0 Å². The van der Waals surface area contributed by atoms with Crippen LogP contribution in [-0.4, -0.2) is 81.6 Å². The van der Waals surface area contributed by atoms with E-state index in [1.54, 1.807) is 6.08 Å². The highest BCUT2D eigenvalue weighted by Crippen LogP contribution is 2.22. The standard InChI is InChI=1S/C24H47NO7/c1-2-3-4-5-6-7-8-9-10-11-12-13-14-15-19(27)18(25)17-31-24-23(30)22(29)21(28)20(16-26)32-24/h14-15,18-24,26-30H,2-13,16-17,25H2,1H3/b15-14+/t18-,19+,20-,21+,22+,23+,24+/m1/s1. The first-order valence-corrected chi connectivity index (χ1v) is 12.4. The van der Waals surface area contributed by atoms with Crippen LogP contribution in [0.15, 0.2) is 12.2 Å². The summed E-state index contributed by atoms with van der Waals surface area (Å²) in [6.07, 6.45) is 11.1. The van der Waals surface area contributed by atoms with Crippen molar-refractivity contribution in [1.82, 2.24) is 0 Å². The van der Waals surface area contributed by atoms with Crippen molar-refractivity contribution in [1.29, 1.82) is 0 Å². The molecule has 0 saturated carbocycles. The molecule has 7 atom stereocenters. The van der Waals surface area contributed by atoms with E-state index in [9.17, 15) is 25.5 Å². The number of hydrogen-bond donors (Lipinski definition) is 6. The molecular weight excluding hydrogens is 414 g/mol. The van der Waals surface area contributed by atoms with Crippen molar-refractivity contribution in [3.05, 3.63) is 12.2 Å². The molecule has 8 nitrogen and oxygen atoms in total. The van der Waals surface area contributed by atoms with Gasteiger partial charge in [0.05, 0.1) is 25.4 Å². The van der Waals surface area contributed by atoms with Gasteiger partial charge in [-0.1, -0.05) is 83.3 Å². The molecule has 1 heterocycles.